The molecule has 100 valence electrons. The summed E-state index contributed by atoms with van der Waals surface area (Å²) in [5, 5.41) is 12.3. The molecule has 5 nitrogen and oxygen atoms in total. The molecular weight excluding hydrogens is 238 g/mol. The Labute approximate surface area is 112 Å². The summed E-state index contributed by atoms with van der Waals surface area (Å²) in [4.78, 5) is 0. The van der Waals surface area contributed by atoms with Crippen LogP contribution in [-0.2, 0) is 5.54 Å². The van der Waals surface area contributed by atoms with Crippen molar-refractivity contribution in [1.82, 2.24) is 20.2 Å². The highest BCUT2D eigenvalue weighted by atomic mass is 15.6. The van der Waals surface area contributed by atoms with E-state index in [1.165, 1.54) is 12.8 Å². The Hall–Kier alpha value is -1.91. The number of rotatable bonds is 2. The summed E-state index contributed by atoms with van der Waals surface area (Å²) in [5.41, 5.74) is 8.81. The van der Waals surface area contributed by atoms with Gasteiger partial charge in [-0.3, -0.25) is 0 Å². The summed E-state index contributed by atoms with van der Waals surface area (Å²) in [7, 11) is 0. The molecule has 0 unspecified atom stereocenters. The normalized spacial score (nSPS) is 17.8. The van der Waals surface area contributed by atoms with Gasteiger partial charge >= 0.3 is 0 Å². The molecule has 1 aromatic carbocycles. The first-order valence-corrected chi connectivity index (χ1v) is 6.75. The standard InChI is InChI=1S/C14H19N5/c1-10-9-11(5-6-12(10)15)13-16-17-18-19(13)14(2)7-3-4-8-14/h5-6,9H,3-4,7-8,15H2,1-2H3. The number of nitrogen functional groups attached to an aromatic ring is 1. The topological polar surface area (TPSA) is 69.6 Å². The number of hydrogen-bond acceptors (Lipinski definition) is 4. The molecule has 1 heterocycles. The van der Waals surface area contributed by atoms with Crippen LogP contribution in [-0.4, -0.2) is 20.2 Å². The van der Waals surface area contributed by atoms with Crippen molar-refractivity contribution >= 4 is 5.69 Å². The lowest BCUT2D eigenvalue weighted by Crippen LogP contribution is -2.28. The molecule has 1 aliphatic carbocycles. The summed E-state index contributed by atoms with van der Waals surface area (Å²) >= 11 is 0. The van der Waals surface area contributed by atoms with Crippen molar-refractivity contribution in [1.29, 1.82) is 0 Å². The lowest BCUT2D eigenvalue weighted by atomic mass is 10.00. The Bertz CT molecular complexity index is 596. The highest BCUT2D eigenvalue weighted by molar-refractivity contribution is 5.62. The number of nitrogens with zero attached hydrogens (tertiary/aromatic N) is 4. The second-order valence-electron chi connectivity index (χ2n) is 5.69. The van der Waals surface area contributed by atoms with Crippen LogP contribution in [0.4, 0.5) is 5.69 Å². The first-order chi connectivity index (χ1) is 9.10. The number of tetrazole rings is 1. The number of anilines is 1. The van der Waals surface area contributed by atoms with Gasteiger partial charge in [-0.2, -0.15) is 0 Å². The Morgan fingerprint density at radius 3 is 2.68 bits per heavy atom. The SMILES string of the molecule is Cc1cc(-c2nnnn2C2(C)CCCC2)ccc1N. The highest BCUT2D eigenvalue weighted by Crippen LogP contribution is 2.37. The molecule has 1 aromatic heterocycles. The summed E-state index contributed by atoms with van der Waals surface area (Å²) in [6.45, 7) is 4.24. The fraction of sp³-hybridized carbons (Fsp3) is 0.500. The van der Waals surface area contributed by atoms with E-state index in [9.17, 15) is 0 Å². The molecule has 0 radical (unpaired) electrons. The van der Waals surface area contributed by atoms with Gasteiger partial charge in [0, 0.05) is 11.3 Å². The Morgan fingerprint density at radius 1 is 1.26 bits per heavy atom. The zero-order valence-corrected chi connectivity index (χ0v) is 11.4. The third-order valence-electron chi connectivity index (χ3n) is 4.19. The van der Waals surface area contributed by atoms with Crippen molar-refractivity contribution in [2.24, 2.45) is 0 Å². The maximum atomic E-state index is 5.87. The third-order valence-corrected chi connectivity index (χ3v) is 4.19. The Kier molecular flexibility index (Phi) is 2.77. The average Bonchev–Trinajstić information content (AvgIpc) is 3.02. The highest BCUT2D eigenvalue weighted by Gasteiger charge is 2.34. The smallest absolute Gasteiger partial charge is 0.182 e. The molecule has 2 aromatic rings. The molecule has 0 bridgehead atoms. The quantitative estimate of drug-likeness (QED) is 0.839. The van der Waals surface area contributed by atoms with Gasteiger partial charge in [-0.15, -0.1) is 5.10 Å². The lowest BCUT2D eigenvalue weighted by Gasteiger charge is -2.24. The number of nitrogens with two attached hydrogens (primary N) is 1. The fourth-order valence-electron chi connectivity index (χ4n) is 2.89. The molecule has 2 N–H and O–H groups in total. The molecular formula is C14H19N5. The monoisotopic (exact) mass is 257 g/mol. The largest absolute Gasteiger partial charge is 0.399 e. The van der Waals surface area contributed by atoms with Crippen molar-refractivity contribution < 1.29 is 0 Å². The van der Waals surface area contributed by atoms with Gasteiger partial charge in [0.2, 0.25) is 0 Å². The minimum atomic E-state index is 0.0497. The zero-order chi connectivity index (χ0) is 13.5. The minimum Gasteiger partial charge on any atom is -0.399 e. The van der Waals surface area contributed by atoms with Crippen molar-refractivity contribution in [3.8, 4) is 11.4 Å². The molecule has 1 aliphatic rings. The molecule has 0 aliphatic heterocycles. The maximum Gasteiger partial charge on any atom is 0.182 e. The van der Waals surface area contributed by atoms with E-state index < -0.39 is 0 Å². The Morgan fingerprint density at radius 2 is 2.00 bits per heavy atom. The summed E-state index contributed by atoms with van der Waals surface area (Å²) in [6.07, 6.45) is 4.77. The predicted molar refractivity (Wildman–Crippen MR) is 74.5 cm³/mol. The van der Waals surface area contributed by atoms with Crippen molar-refractivity contribution in [2.45, 2.75) is 45.1 Å². The van der Waals surface area contributed by atoms with E-state index in [0.717, 1.165) is 35.5 Å². The van der Waals surface area contributed by atoms with E-state index in [1.54, 1.807) is 0 Å². The van der Waals surface area contributed by atoms with E-state index >= 15 is 0 Å². The fourth-order valence-corrected chi connectivity index (χ4v) is 2.89. The van der Waals surface area contributed by atoms with E-state index in [0.29, 0.717) is 0 Å². The van der Waals surface area contributed by atoms with Gasteiger partial charge in [0.25, 0.3) is 0 Å². The number of aromatic nitrogens is 4. The molecule has 0 atom stereocenters. The molecule has 3 rings (SSSR count). The van der Waals surface area contributed by atoms with Crippen LogP contribution in [0.2, 0.25) is 0 Å². The van der Waals surface area contributed by atoms with Crippen LogP contribution in [0.25, 0.3) is 11.4 Å². The van der Waals surface area contributed by atoms with E-state index in [2.05, 4.69) is 28.5 Å². The zero-order valence-electron chi connectivity index (χ0n) is 11.4. The van der Waals surface area contributed by atoms with Gasteiger partial charge in [-0.25, -0.2) is 4.68 Å². The van der Waals surface area contributed by atoms with Gasteiger partial charge in [0.1, 0.15) is 0 Å². The van der Waals surface area contributed by atoms with Gasteiger partial charge in [-0.05, 0) is 60.9 Å². The van der Waals surface area contributed by atoms with Crippen LogP contribution >= 0.6 is 0 Å². The third kappa shape index (κ3) is 1.99. The van der Waals surface area contributed by atoms with Crippen molar-refractivity contribution in [2.75, 3.05) is 5.73 Å². The van der Waals surface area contributed by atoms with Crippen molar-refractivity contribution in [3.63, 3.8) is 0 Å². The van der Waals surface area contributed by atoms with Crippen LogP contribution < -0.4 is 5.73 Å². The second kappa shape index (κ2) is 4.33. The van der Waals surface area contributed by atoms with Gasteiger partial charge in [-0.1, -0.05) is 12.8 Å². The molecule has 0 spiro atoms. The number of aryl methyl sites for hydroxylation is 1. The van der Waals surface area contributed by atoms with Crippen LogP contribution in [0, 0.1) is 6.92 Å². The molecule has 0 amide bonds. The predicted octanol–water partition coefficient (Wildman–Crippen LogP) is 2.52. The summed E-state index contributed by atoms with van der Waals surface area (Å²) < 4.78 is 1.99. The van der Waals surface area contributed by atoms with E-state index in [1.807, 2.05) is 23.7 Å². The summed E-state index contributed by atoms with van der Waals surface area (Å²) in [5.74, 6) is 0.840. The molecule has 19 heavy (non-hydrogen) atoms. The Balaban J connectivity index is 2.06. The lowest BCUT2D eigenvalue weighted by molar-refractivity contribution is 0.292. The van der Waals surface area contributed by atoms with Gasteiger partial charge in [0.15, 0.2) is 5.82 Å². The van der Waals surface area contributed by atoms with Crippen LogP contribution in [0.1, 0.15) is 38.2 Å². The van der Waals surface area contributed by atoms with Crippen molar-refractivity contribution in [3.05, 3.63) is 23.8 Å². The first kappa shape index (κ1) is 12.1. The first-order valence-electron chi connectivity index (χ1n) is 6.75. The van der Waals surface area contributed by atoms with E-state index in [-0.39, 0.29) is 5.54 Å². The van der Waals surface area contributed by atoms with Crippen LogP contribution in [0.15, 0.2) is 18.2 Å². The maximum absolute atomic E-state index is 5.87. The van der Waals surface area contributed by atoms with Crippen LogP contribution in [0.3, 0.4) is 0 Å². The molecule has 1 fully saturated rings. The van der Waals surface area contributed by atoms with Gasteiger partial charge < -0.3 is 5.73 Å². The molecule has 1 saturated carbocycles. The second-order valence-corrected chi connectivity index (χ2v) is 5.69. The van der Waals surface area contributed by atoms with E-state index in [4.69, 9.17) is 5.73 Å². The van der Waals surface area contributed by atoms with Gasteiger partial charge in [0.05, 0.1) is 5.54 Å². The summed E-state index contributed by atoms with van der Waals surface area (Å²) in [6, 6.07) is 5.96. The molecule has 0 saturated heterocycles. The average molecular weight is 257 g/mol. The minimum absolute atomic E-state index is 0.0497. The molecule has 5 heteroatoms. The van der Waals surface area contributed by atoms with Crippen LogP contribution in [0.5, 0.6) is 0 Å². The number of benzene rings is 1. The number of hydrogen-bond donors (Lipinski definition) is 1.